The van der Waals surface area contributed by atoms with Gasteiger partial charge in [-0.05, 0) is 23.3 Å². The number of esters is 1. The van der Waals surface area contributed by atoms with Gasteiger partial charge in [0.05, 0.1) is 19.1 Å². The van der Waals surface area contributed by atoms with Gasteiger partial charge in [0.1, 0.15) is 12.1 Å². The second-order valence-corrected chi connectivity index (χ2v) is 7.11. The monoisotopic (exact) mass is 405 g/mol. The molecule has 0 spiro atoms. The van der Waals surface area contributed by atoms with Gasteiger partial charge < -0.3 is 19.9 Å². The predicted molar refractivity (Wildman–Crippen MR) is 110 cm³/mol. The van der Waals surface area contributed by atoms with E-state index in [2.05, 4.69) is 20.3 Å². The predicted octanol–water partition coefficient (Wildman–Crippen LogP) is 2.25. The molecule has 30 heavy (non-hydrogen) atoms. The number of nitrogens with zero attached hydrogens (tertiary/aromatic N) is 3. The first kappa shape index (κ1) is 19.6. The second kappa shape index (κ2) is 8.77. The van der Waals surface area contributed by atoms with Crippen molar-refractivity contribution in [2.24, 2.45) is 0 Å². The molecule has 0 aliphatic carbocycles. The van der Waals surface area contributed by atoms with Crippen LogP contribution < -0.4 is 5.32 Å². The molecule has 2 N–H and O–H groups in total. The first-order valence-electron chi connectivity index (χ1n) is 9.78. The third-order valence-electron chi connectivity index (χ3n) is 5.27. The van der Waals surface area contributed by atoms with E-state index >= 15 is 0 Å². The molecule has 8 heteroatoms. The minimum atomic E-state index is -0.788. The molecule has 3 aromatic rings. The summed E-state index contributed by atoms with van der Waals surface area (Å²) < 4.78 is 4.93. The number of fused-ring (bicyclic) bond motifs is 1. The average molecular weight is 405 g/mol. The topological polar surface area (TPSA) is 100 Å². The zero-order valence-electron chi connectivity index (χ0n) is 16.6. The molecule has 0 radical (unpaired) electrons. The number of aromatic amines is 1. The van der Waals surface area contributed by atoms with E-state index in [4.69, 9.17) is 4.74 Å². The number of rotatable bonds is 5. The van der Waals surface area contributed by atoms with Gasteiger partial charge in [-0.15, -0.1) is 0 Å². The molecule has 0 saturated heterocycles. The van der Waals surface area contributed by atoms with Gasteiger partial charge in [0.2, 0.25) is 0 Å². The Morgan fingerprint density at radius 3 is 2.73 bits per heavy atom. The summed E-state index contributed by atoms with van der Waals surface area (Å²) >= 11 is 0. The lowest BCUT2D eigenvalue weighted by molar-refractivity contribution is -0.142. The number of pyridine rings is 1. The van der Waals surface area contributed by atoms with Crippen molar-refractivity contribution >= 4 is 12.0 Å². The fourth-order valence-electron chi connectivity index (χ4n) is 3.80. The van der Waals surface area contributed by atoms with Crippen LogP contribution in [0.4, 0.5) is 4.79 Å². The summed E-state index contributed by atoms with van der Waals surface area (Å²) in [5, 5.41) is 2.87. The van der Waals surface area contributed by atoms with Crippen LogP contribution in [-0.4, -0.2) is 51.5 Å². The molecule has 0 bridgehead atoms. The molecular formula is C22H23N5O3. The van der Waals surface area contributed by atoms with Crippen LogP contribution >= 0.6 is 0 Å². The number of carbonyl (C=O) groups excluding carboxylic acids is 2. The van der Waals surface area contributed by atoms with E-state index in [1.807, 2.05) is 42.5 Å². The summed E-state index contributed by atoms with van der Waals surface area (Å²) in [7, 11) is 1.32. The van der Waals surface area contributed by atoms with Crippen LogP contribution in [0.3, 0.4) is 0 Å². The van der Waals surface area contributed by atoms with Gasteiger partial charge >= 0.3 is 12.0 Å². The maximum absolute atomic E-state index is 13.3. The van der Waals surface area contributed by atoms with Gasteiger partial charge in [-0.1, -0.05) is 30.3 Å². The van der Waals surface area contributed by atoms with Crippen LogP contribution in [0, 0.1) is 0 Å². The fourth-order valence-corrected chi connectivity index (χ4v) is 3.80. The molecule has 1 aliphatic rings. The van der Waals surface area contributed by atoms with Crippen molar-refractivity contribution in [2.45, 2.75) is 24.9 Å². The molecule has 0 saturated carbocycles. The lowest BCUT2D eigenvalue weighted by atomic mass is 9.96. The van der Waals surface area contributed by atoms with Gasteiger partial charge in [0.25, 0.3) is 0 Å². The molecule has 1 aliphatic heterocycles. The molecular weight excluding hydrogens is 382 g/mol. The van der Waals surface area contributed by atoms with Crippen molar-refractivity contribution in [2.75, 3.05) is 13.7 Å². The maximum Gasteiger partial charge on any atom is 0.328 e. The number of hydrogen-bond acceptors (Lipinski definition) is 5. The summed E-state index contributed by atoms with van der Waals surface area (Å²) in [6.45, 7) is 0.493. The number of benzene rings is 1. The van der Waals surface area contributed by atoms with E-state index in [-0.39, 0.29) is 12.1 Å². The molecule has 8 nitrogen and oxygen atoms in total. The van der Waals surface area contributed by atoms with Crippen LogP contribution in [0.15, 0.2) is 61.2 Å². The standard InChI is InChI=1S/C22H23N5O3/c1-30-21(28)18(13-15-5-3-2-4-6-15)26-22(29)27-12-9-17-19(25-14-24-17)20(27)16-7-10-23-11-8-16/h2-8,10-11,14,18,20H,9,12-13H2,1H3,(H,24,25)(H,26,29)/t18-,20-/m0/s1. The number of nitrogens with one attached hydrogen (secondary N) is 2. The average Bonchev–Trinajstić information content (AvgIpc) is 3.27. The molecule has 3 heterocycles. The van der Waals surface area contributed by atoms with Gasteiger partial charge in [-0.2, -0.15) is 0 Å². The third kappa shape index (κ3) is 4.03. The minimum Gasteiger partial charge on any atom is -0.467 e. The Labute approximate surface area is 174 Å². The van der Waals surface area contributed by atoms with Gasteiger partial charge in [-0.3, -0.25) is 4.98 Å². The second-order valence-electron chi connectivity index (χ2n) is 7.11. The molecule has 0 fully saturated rings. The van der Waals surface area contributed by atoms with Crippen molar-refractivity contribution in [3.8, 4) is 0 Å². The molecule has 2 atom stereocenters. The number of methoxy groups -OCH3 is 1. The van der Waals surface area contributed by atoms with Crippen molar-refractivity contribution in [3.63, 3.8) is 0 Å². The van der Waals surface area contributed by atoms with Gasteiger partial charge in [-0.25, -0.2) is 14.6 Å². The van der Waals surface area contributed by atoms with E-state index < -0.39 is 12.0 Å². The number of H-pyrrole nitrogens is 1. The highest BCUT2D eigenvalue weighted by Crippen LogP contribution is 2.33. The fraction of sp³-hybridized carbons (Fsp3) is 0.273. The molecule has 2 amide bonds. The molecule has 1 aromatic carbocycles. The molecule has 2 aromatic heterocycles. The number of carbonyl (C=O) groups is 2. The Kier molecular flexibility index (Phi) is 5.74. The number of amides is 2. The van der Waals surface area contributed by atoms with Crippen molar-refractivity contribution in [3.05, 3.63) is 83.7 Å². The van der Waals surface area contributed by atoms with E-state index in [9.17, 15) is 9.59 Å². The highest BCUT2D eigenvalue weighted by atomic mass is 16.5. The van der Waals surface area contributed by atoms with E-state index in [0.717, 1.165) is 22.5 Å². The molecule has 4 rings (SSSR count). The molecule has 154 valence electrons. The Hall–Kier alpha value is -3.68. The van der Waals surface area contributed by atoms with Gasteiger partial charge in [0.15, 0.2) is 0 Å². The van der Waals surface area contributed by atoms with Crippen LogP contribution in [0.5, 0.6) is 0 Å². The zero-order valence-corrected chi connectivity index (χ0v) is 16.6. The van der Waals surface area contributed by atoms with Crippen LogP contribution in [-0.2, 0) is 22.4 Å². The number of aromatic nitrogens is 3. The first-order valence-corrected chi connectivity index (χ1v) is 9.78. The number of imidazole rings is 1. The summed E-state index contributed by atoms with van der Waals surface area (Å²) in [4.78, 5) is 39.0. The summed E-state index contributed by atoms with van der Waals surface area (Å²) in [5.41, 5.74) is 3.66. The quantitative estimate of drug-likeness (QED) is 0.634. The Bertz CT molecular complexity index is 1010. The van der Waals surface area contributed by atoms with E-state index in [1.165, 1.54) is 7.11 Å². The third-order valence-corrected chi connectivity index (χ3v) is 5.27. The normalized spacial score (nSPS) is 16.4. The Balaban J connectivity index is 1.59. The number of urea groups is 1. The van der Waals surface area contributed by atoms with Crippen LogP contribution in [0.1, 0.15) is 28.6 Å². The smallest absolute Gasteiger partial charge is 0.328 e. The highest BCUT2D eigenvalue weighted by Gasteiger charge is 2.35. The summed E-state index contributed by atoms with van der Waals surface area (Å²) in [6.07, 6.45) is 6.04. The number of hydrogen-bond donors (Lipinski definition) is 2. The Morgan fingerprint density at radius 2 is 2.00 bits per heavy atom. The largest absolute Gasteiger partial charge is 0.467 e. The van der Waals surface area contributed by atoms with Crippen molar-refractivity contribution < 1.29 is 14.3 Å². The Morgan fingerprint density at radius 1 is 1.23 bits per heavy atom. The van der Waals surface area contributed by atoms with Gasteiger partial charge in [0, 0.05) is 37.5 Å². The van der Waals surface area contributed by atoms with Crippen LogP contribution in [0.25, 0.3) is 0 Å². The van der Waals surface area contributed by atoms with E-state index in [1.54, 1.807) is 23.6 Å². The maximum atomic E-state index is 13.3. The van der Waals surface area contributed by atoms with Crippen molar-refractivity contribution in [1.29, 1.82) is 0 Å². The van der Waals surface area contributed by atoms with E-state index in [0.29, 0.717) is 19.4 Å². The SMILES string of the molecule is COC(=O)[C@H](Cc1ccccc1)NC(=O)N1CCc2[nH]cnc2[C@@H]1c1ccncc1. The number of ether oxygens (including phenoxy) is 1. The summed E-state index contributed by atoms with van der Waals surface area (Å²) in [6, 6.07) is 11.8. The lowest BCUT2D eigenvalue weighted by Crippen LogP contribution is -2.52. The first-order chi connectivity index (χ1) is 14.7. The minimum absolute atomic E-state index is 0.336. The molecule has 0 unspecified atom stereocenters. The highest BCUT2D eigenvalue weighted by molar-refractivity contribution is 5.84. The van der Waals surface area contributed by atoms with Crippen LogP contribution in [0.2, 0.25) is 0 Å². The van der Waals surface area contributed by atoms with Crippen molar-refractivity contribution in [1.82, 2.24) is 25.2 Å². The lowest BCUT2D eigenvalue weighted by Gasteiger charge is -2.36. The zero-order chi connectivity index (χ0) is 20.9. The summed E-state index contributed by atoms with van der Waals surface area (Å²) in [5.74, 6) is -0.481.